The molecule has 2 fully saturated rings. The maximum Gasteiger partial charge on any atom is 0.193 e. The zero-order valence-corrected chi connectivity index (χ0v) is 19.4. The Labute approximate surface area is 185 Å². The molecule has 2 heterocycles. The second kappa shape index (κ2) is 11.2. The number of morpholine rings is 1. The Morgan fingerprint density at radius 1 is 1.21 bits per heavy atom. The van der Waals surface area contributed by atoms with E-state index in [-0.39, 0.29) is 29.8 Å². The van der Waals surface area contributed by atoms with Crippen LogP contribution in [0.15, 0.2) is 29.3 Å². The van der Waals surface area contributed by atoms with E-state index >= 15 is 0 Å². The van der Waals surface area contributed by atoms with Crippen molar-refractivity contribution in [3.8, 4) is 0 Å². The van der Waals surface area contributed by atoms with Crippen LogP contribution in [0.4, 0.5) is 10.1 Å². The normalized spacial score (nSPS) is 22.6. The average molecular weight is 505 g/mol. The van der Waals surface area contributed by atoms with Crippen LogP contribution in [0.5, 0.6) is 0 Å². The number of ether oxygens (including phenoxy) is 1. The molecule has 8 heteroatoms. The van der Waals surface area contributed by atoms with Gasteiger partial charge in [0.1, 0.15) is 5.82 Å². The molecule has 2 aliphatic heterocycles. The van der Waals surface area contributed by atoms with Crippen molar-refractivity contribution in [2.45, 2.75) is 25.9 Å². The maximum absolute atomic E-state index is 13.1. The summed E-state index contributed by atoms with van der Waals surface area (Å²) < 4.78 is 18.7. The van der Waals surface area contributed by atoms with Gasteiger partial charge in [-0.1, -0.05) is 0 Å². The lowest BCUT2D eigenvalue weighted by molar-refractivity contribution is -0.0175. The molecule has 6 nitrogen and oxygen atoms in total. The highest BCUT2D eigenvalue weighted by molar-refractivity contribution is 14.0. The van der Waals surface area contributed by atoms with Gasteiger partial charge in [-0.2, -0.15) is 0 Å². The number of hydrogen-bond donors (Lipinski definition) is 1. The number of halogens is 2. The molecule has 0 aromatic heterocycles. The van der Waals surface area contributed by atoms with Gasteiger partial charge in [0.25, 0.3) is 0 Å². The van der Waals surface area contributed by atoms with Crippen molar-refractivity contribution in [1.29, 1.82) is 0 Å². The summed E-state index contributed by atoms with van der Waals surface area (Å²) in [5.74, 6) is 0.771. The topological polar surface area (TPSA) is 43.3 Å². The number of piperazine rings is 1. The molecule has 1 aromatic carbocycles. The van der Waals surface area contributed by atoms with Gasteiger partial charge >= 0.3 is 0 Å². The molecule has 3 rings (SSSR count). The fourth-order valence-electron chi connectivity index (χ4n) is 3.91. The lowest BCUT2D eigenvalue weighted by atomic mass is 10.2. The highest BCUT2D eigenvalue weighted by Crippen LogP contribution is 2.17. The molecule has 0 radical (unpaired) electrons. The zero-order valence-electron chi connectivity index (χ0n) is 17.1. The minimum Gasteiger partial charge on any atom is -0.379 e. The SMILES string of the molecule is CN=C(NCC(C)N1CCOCC1C)N1CCN(c2ccc(F)cc2)CC1.I. The van der Waals surface area contributed by atoms with E-state index in [4.69, 9.17) is 4.74 Å². The predicted octanol–water partition coefficient (Wildman–Crippen LogP) is 2.25. The molecular formula is C20H33FIN5O. The first-order valence-electron chi connectivity index (χ1n) is 9.88. The third-order valence-electron chi connectivity index (χ3n) is 5.52. The van der Waals surface area contributed by atoms with Crippen molar-refractivity contribution in [1.82, 2.24) is 15.1 Å². The molecule has 0 aliphatic carbocycles. The number of aliphatic imine (C=N–C) groups is 1. The van der Waals surface area contributed by atoms with E-state index in [1.54, 1.807) is 0 Å². The Hall–Kier alpha value is -1.13. The number of nitrogens with zero attached hydrogens (tertiary/aromatic N) is 4. The summed E-state index contributed by atoms with van der Waals surface area (Å²) in [6.07, 6.45) is 0. The summed E-state index contributed by atoms with van der Waals surface area (Å²) in [4.78, 5) is 11.6. The minimum atomic E-state index is -0.189. The van der Waals surface area contributed by atoms with E-state index < -0.39 is 0 Å². The summed E-state index contributed by atoms with van der Waals surface area (Å²) in [7, 11) is 1.84. The first-order valence-corrected chi connectivity index (χ1v) is 9.88. The summed E-state index contributed by atoms with van der Waals surface area (Å²) in [5, 5.41) is 3.54. The van der Waals surface area contributed by atoms with Crippen LogP contribution in [0.2, 0.25) is 0 Å². The smallest absolute Gasteiger partial charge is 0.193 e. The third-order valence-corrected chi connectivity index (χ3v) is 5.52. The van der Waals surface area contributed by atoms with Gasteiger partial charge in [0, 0.05) is 64.1 Å². The molecule has 158 valence electrons. The minimum absolute atomic E-state index is 0. The number of hydrogen-bond acceptors (Lipinski definition) is 4. The van der Waals surface area contributed by atoms with Crippen LogP contribution in [0.25, 0.3) is 0 Å². The largest absolute Gasteiger partial charge is 0.379 e. The molecule has 0 spiro atoms. The van der Waals surface area contributed by atoms with Crippen LogP contribution in [-0.2, 0) is 4.74 Å². The van der Waals surface area contributed by atoms with Crippen LogP contribution >= 0.6 is 24.0 Å². The molecule has 2 unspecified atom stereocenters. The molecular weight excluding hydrogens is 472 g/mol. The van der Waals surface area contributed by atoms with Gasteiger partial charge in [0.15, 0.2) is 5.96 Å². The van der Waals surface area contributed by atoms with Gasteiger partial charge < -0.3 is 19.9 Å². The van der Waals surface area contributed by atoms with Gasteiger partial charge in [-0.05, 0) is 38.1 Å². The fraction of sp³-hybridized carbons (Fsp3) is 0.650. The van der Waals surface area contributed by atoms with Gasteiger partial charge in [0.05, 0.1) is 13.2 Å². The van der Waals surface area contributed by atoms with Gasteiger partial charge in [-0.3, -0.25) is 9.89 Å². The molecule has 0 bridgehead atoms. The van der Waals surface area contributed by atoms with Crippen LogP contribution in [-0.4, -0.2) is 87.4 Å². The Morgan fingerprint density at radius 3 is 2.50 bits per heavy atom. The first kappa shape index (κ1) is 23.2. The van der Waals surface area contributed by atoms with Crippen LogP contribution < -0.4 is 10.2 Å². The summed E-state index contributed by atoms with van der Waals surface area (Å²) in [6, 6.07) is 7.64. The second-order valence-electron chi connectivity index (χ2n) is 7.39. The van der Waals surface area contributed by atoms with E-state index in [9.17, 15) is 4.39 Å². The van der Waals surface area contributed by atoms with Crippen LogP contribution in [0.1, 0.15) is 13.8 Å². The van der Waals surface area contributed by atoms with Gasteiger partial charge in [-0.15, -0.1) is 24.0 Å². The Bertz CT molecular complexity index is 622. The Morgan fingerprint density at radius 2 is 1.89 bits per heavy atom. The molecule has 0 saturated carbocycles. The number of benzene rings is 1. The van der Waals surface area contributed by atoms with Crippen LogP contribution in [0, 0.1) is 5.82 Å². The van der Waals surface area contributed by atoms with E-state index in [0.29, 0.717) is 12.1 Å². The van der Waals surface area contributed by atoms with E-state index in [1.165, 1.54) is 12.1 Å². The van der Waals surface area contributed by atoms with Crippen molar-refractivity contribution in [2.75, 3.05) is 64.4 Å². The number of anilines is 1. The molecule has 28 heavy (non-hydrogen) atoms. The van der Waals surface area contributed by atoms with Gasteiger partial charge in [0.2, 0.25) is 0 Å². The zero-order chi connectivity index (χ0) is 19.2. The quantitative estimate of drug-likeness (QED) is 0.387. The summed E-state index contributed by atoms with van der Waals surface area (Å²) in [5.41, 5.74) is 1.08. The molecule has 1 N–H and O–H groups in total. The van der Waals surface area contributed by atoms with Crippen molar-refractivity contribution in [2.24, 2.45) is 4.99 Å². The molecule has 2 atom stereocenters. The van der Waals surface area contributed by atoms with E-state index in [2.05, 4.69) is 38.9 Å². The van der Waals surface area contributed by atoms with Crippen molar-refractivity contribution in [3.05, 3.63) is 30.1 Å². The Balaban J connectivity index is 0.00000280. The molecule has 0 amide bonds. The number of guanidine groups is 1. The summed E-state index contributed by atoms with van der Waals surface area (Å²) in [6.45, 7) is 11.6. The molecule has 2 aliphatic rings. The highest BCUT2D eigenvalue weighted by atomic mass is 127. The van der Waals surface area contributed by atoms with Crippen LogP contribution in [0.3, 0.4) is 0 Å². The second-order valence-corrected chi connectivity index (χ2v) is 7.39. The average Bonchev–Trinajstić information content (AvgIpc) is 2.70. The monoisotopic (exact) mass is 505 g/mol. The maximum atomic E-state index is 13.1. The third kappa shape index (κ3) is 5.93. The lowest BCUT2D eigenvalue weighted by Gasteiger charge is -2.40. The molecule has 1 aromatic rings. The predicted molar refractivity (Wildman–Crippen MR) is 123 cm³/mol. The fourth-order valence-corrected chi connectivity index (χ4v) is 3.91. The van der Waals surface area contributed by atoms with E-state index in [1.807, 2.05) is 19.2 Å². The standard InChI is InChI=1S/C20H32FN5O.HI/c1-16(26-12-13-27-15-17(26)2)14-23-20(22-3)25-10-8-24(9-11-25)19-6-4-18(21)5-7-19;/h4-7,16-17H,8-15H2,1-3H3,(H,22,23);1H. The highest BCUT2D eigenvalue weighted by Gasteiger charge is 2.25. The van der Waals surface area contributed by atoms with Gasteiger partial charge in [-0.25, -0.2) is 4.39 Å². The number of rotatable bonds is 4. The van der Waals surface area contributed by atoms with Crippen molar-refractivity contribution >= 4 is 35.6 Å². The first-order chi connectivity index (χ1) is 13.1. The van der Waals surface area contributed by atoms with Crippen molar-refractivity contribution < 1.29 is 9.13 Å². The Kier molecular flexibility index (Phi) is 9.23. The molecule has 2 saturated heterocycles. The summed E-state index contributed by atoms with van der Waals surface area (Å²) >= 11 is 0. The van der Waals surface area contributed by atoms with Crippen molar-refractivity contribution in [3.63, 3.8) is 0 Å². The number of nitrogens with one attached hydrogen (secondary N) is 1. The lowest BCUT2D eigenvalue weighted by Crippen LogP contribution is -2.56. The van der Waals surface area contributed by atoms with E-state index in [0.717, 1.165) is 64.1 Å².